The van der Waals surface area contributed by atoms with Gasteiger partial charge in [0.05, 0.1) is 11.5 Å². The number of ether oxygens (including phenoxy) is 1. The summed E-state index contributed by atoms with van der Waals surface area (Å²) in [6.45, 7) is 3.67. The van der Waals surface area contributed by atoms with E-state index in [1.807, 2.05) is 13.8 Å². The number of hydrogen-bond acceptors (Lipinski definition) is 6. The lowest BCUT2D eigenvalue weighted by Gasteiger charge is -2.17. The SMILES string of the molecule is CC(C)Oc1cccc2c(O)c(C(=O)NC(Cc3ccc(O)cc3)C(=O)O)nc(Cl)c12. The van der Waals surface area contributed by atoms with Gasteiger partial charge < -0.3 is 25.4 Å². The second-order valence-corrected chi connectivity index (χ2v) is 7.54. The molecule has 0 aliphatic rings. The monoisotopic (exact) mass is 444 g/mol. The minimum absolute atomic E-state index is 0.0319. The largest absolute Gasteiger partial charge is 0.508 e. The molecule has 1 unspecified atom stereocenters. The number of aliphatic carboxylic acids is 1. The molecule has 3 aromatic rings. The zero-order valence-electron chi connectivity index (χ0n) is 16.8. The van der Waals surface area contributed by atoms with Crippen molar-refractivity contribution in [3.63, 3.8) is 0 Å². The molecule has 0 saturated heterocycles. The van der Waals surface area contributed by atoms with Crippen molar-refractivity contribution in [1.29, 1.82) is 0 Å². The van der Waals surface area contributed by atoms with Gasteiger partial charge in [0.25, 0.3) is 5.91 Å². The number of nitrogens with one attached hydrogen (secondary N) is 1. The van der Waals surface area contributed by atoms with Gasteiger partial charge in [-0.3, -0.25) is 4.79 Å². The van der Waals surface area contributed by atoms with Gasteiger partial charge in [-0.2, -0.15) is 0 Å². The molecule has 0 fully saturated rings. The zero-order valence-corrected chi connectivity index (χ0v) is 17.6. The van der Waals surface area contributed by atoms with Crippen LogP contribution >= 0.6 is 11.6 Å². The number of carbonyl (C=O) groups is 2. The Labute approximate surface area is 183 Å². The van der Waals surface area contributed by atoms with Crippen LogP contribution in [0.3, 0.4) is 0 Å². The van der Waals surface area contributed by atoms with Crippen LogP contribution in [0.1, 0.15) is 29.9 Å². The lowest BCUT2D eigenvalue weighted by atomic mass is 10.1. The van der Waals surface area contributed by atoms with Crippen LogP contribution in [-0.4, -0.2) is 44.3 Å². The van der Waals surface area contributed by atoms with E-state index in [0.717, 1.165) is 0 Å². The number of aromatic nitrogens is 1. The molecule has 9 heteroatoms. The molecule has 0 aliphatic heterocycles. The maximum absolute atomic E-state index is 12.8. The molecule has 8 nitrogen and oxygen atoms in total. The third-order valence-corrected chi connectivity index (χ3v) is 4.75. The number of fused-ring (bicyclic) bond motifs is 1. The van der Waals surface area contributed by atoms with Gasteiger partial charge in [0.15, 0.2) is 11.4 Å². The first-order valence-corrected chi connectivity index (χ1v) is 9.84. The van der Waals surface area contributed by atoms with Crippen molar-refractivity contribution in [1.82, 2.24) is 10.3 Å². The van der Waals surface area contributed by atoms with Crippen LogP contribution in [0.5, 0.6) is 17.2 Å². The number of pyridine rings is 1. The van der Waals surface area contributed by atoms with Gasteiger partial charge in [0, 0.05) is 11.8 Å². The number of carboxylic acids is 1. The van der Waals surface area contributed by atoms with E-state index in [4.69, 9.17) is 16.3 Å². The highest BCUT2D eigenvalue weighted by atomic mass is 35.5. The lowest BCUT2D eigenvalue weighted by Crippen LogP contribution is -2.42. The van der Waals surface area contributed by atoms with Crippen molar-refractivity contribution in [2.75, 3.05) is 0 Å². The Morgan fingerprint density at radius 2 is 1.81 bits per heavy atom. The Morgan fingerprint density at radius 1 is 1.13 bits per heavy atom. The van der Waals surface area contributed by atoms with Crippen LogP contribution in [0.2, 0.25) is 5.15 Å². The molecule has 162 valence electrons. The second kappa shape index (κ2) is 9.09. The number of phenolic OH excluding ortho intramolecular Hbond substituents is 1. The summed E-state index contributed by atoms with van der Waals surface area (Å²) >= 11 is 6.29. The Hall–Kier alpha value is -3.52. The van der Waals surface area contributed by atoms with Gasteiger partial charge in [-0.05, 0) is 37.6 Å². The van der Waals surface area contributed by atoms with E-state index >= 15 is 0 Å². The molecule has 1 atom stereocenters. The van der Waals surface area contributed by atoms with Crippen molar-refractivity contribution >= 4 is 34.2 Å². The fourth-order valence-corrected chi connectivity index (χ4v) is 3.36. The molecule has 1 heterocycles. The molecular formula is C22H21ClN2O6. The maximum Gasteiger partial charge on any atom is 0.326 e. The standard InChI is InChI=1S/C22H21ClN2O6/c1-11(2)31-16-5-3-4-14-17(16)20(23)25-18(19(14)27)21(28)24-15(22(29)30)10-12-6-8-13(26)9-7-12/h3-9,11,15,26-27H,10H2,1-2H3,(H,24,28)(H,29,30). The van der Waals surface area contributed by atoms with E-state index in [9.17, 15) is 24.9 Å². The summed E-state index contributed by atoms with van der Waals surface area (Å²) < 4.78 is 5.70. The third-order valence-electron chi connectivity index (χ3n) is 4.48. The molecule has 0 spiro atoms. The Balaban J connectivity index is 1.93. The molecule has 1 aromatic heterocycles. The number of hydrogen-bond donors (Lipinski definition) is 4. The fourth-order valence-electron chi connectivity index (χ4n) is 3.08. The smallest absolute Gasteiger partial charge is 0.326 e. The number of carboxylic acid groups (broad SMARTS) is 1. The van der Waals surface area contributed by atoms with Crippen molar-refractivity contribution < 1.29 is 29.6 Å². The van der Waals surface area contributed by atoms with Gasteiger partial charge in [0.2, 0.25) is 0 Å². The quantitative estimate of drug-likeness (QED) is 0.410. The molecule has 0 bridgehead atoms. The van der Waals surface area contributed by atoms with E-state index < -0.39 is 29.4 Å². The number of halogens is 1. The summed E-state index contributed by atoms with van der Waals surface area (Å²) in [5, 5.41) is 32.5. The predicted octanol–water partition coefficient (Wildman–Crippen LogP) is 3.51. The number of phenols is 1. The van der Waals surface area contributed by atoms with Crippen LogP contribution in [0.4, 0.5) is 0 Å². The number of nitrogens with zero attached hydrogens (tertiary/aromatic N) is 1. The van der Waals surface area contributed by atoms with Crippen molar-refractivity contribution in [3.05, 3.63) is 58.9 Å². The highest BCUT2D eigenvalue weighted by Crippen LogP contribution is 2.38. The highest BCUT2D eigenvalue weighted by Gasteiger charge is 2.26. The summed E-state index contributed by atoms with van der Waals surface area (Å²) in [6, 6.07) is 9.53. The summed E-state index contributed by atoms with van der Waals surface area (Å²) in [7, 11) is 0. The minimum Gasteiger partial charge on any atom is -0.508 e. The van der Waals surface area contributed by atoms with Crippen LogP contribution in [0, 0.1) is 0 Å². The second-order valence-electron chi connectivity index (χ2n) is 7.18. The average molecular weight is 445 g/mol. The number of aromatic hydroxyl groups is 2. The number of carbonyl (C=O) groups excluding carboxylic acids is 1. The molecule has 2 aromatic carbocycles. The van der Waals surface area contributed by atoms with Gasteiger partial charge in [-0.1, -0.05) is 35.9 Å². The minimum atomic E-state index is -1.29. The van der Waals surface area contributed by atoms with E-state index in [1.165, 1.54) is 12.1 Å². The topological polar surface area (TPSA) is 129 Å². The number of benzene rings is 2. The van der Waals surface area contributed by atoms with Crippen LogP contribution < -0.4 is 10.1 Å². The Morgan fingerprint density at radius 3 is 2.42 bits per heavy atom. The maximum atomic E-state index is 12.8. The van der Waals surface area contributed by atoms with Gasteiger partial charge in [0.1, 0.15) is 22.7 Å². The van der Waals surface area contributed by atoms with E-state index in [0.29, 0.717) is 16.7 Å². The number of amides is 1. The first-order chi connectivity index (χ1) is 14.7. The molecule has 1 amide bonds. The third kappa shape index (κ3) is 4.97. The molecule has 0 aliphatic carbocycles. The van der Waals surface area contributed by atoms with E-state index in [-0.39, 0.29) is 28.8 Å². The summed E-state index contributed by atoms with van der Waals surface area (Å²) in [6.07, 6.45) is -0.182. The normalized spacial score (nSPS) is 12.0. The van der Waals surface area contributed by atoms with Crippen LogP contribution in [0.25, 0.3) is 10.8 Å². The number of rotatable bonds is 7. The summed E-state index contributed by atoms with van der Waals surface area (Å²) in [4.78, 5) is 28.4. The molecule has 31 heavy (non-hydrogen) atoms. The fraction of sp³-hybridized carbons (Fsp3) is 0.227. The van der Waals surface area contributed by atoms with E-state index in [2.05, 4.69) is 10.3 Å². The van der Waals surface area contributed by atoms with Crippen LogP contribution in [0.15, 0.2) is 42.5 Å². The molecule has 4 N–H and O–H groups in total. The van der Waals surface area contributed by atoms with E-state index in [1.54, 1.807) is 30.3 Å². The first kappa shape index (κ1) is 22.2. The van der Waals surface area contributed by atoms with Gasteiger partial charge >= 0.3 is 5.97 Å². The Kier molecular flexibility index (Phi) is 6.50. The van der Waals surface area contributed by atoms with Crippen molar-refractivity contribution in [2.45, 2.75) is 32.4 Å². The average Bonchev–Trinajstić information content (AvgIpc) is 2.71. The van der Waals surface area contributed by atoms with Crippen LogP contribution in [-0.2, 0) is 11.2 Å². The molecule has 0 saturated carbocycles. The first-order valence-electron chi connectivity index (χ1n) is 9.46. The summed E-state index contributed by atoms with van der Waals surface area (Å²) in [5.41, 5.74) is 0.200. The van der Waals surface area contributed by atoms with Gasteiger partial charge in [-0.25, -0.2) is 9.78 Å². The van der Waals surface area contributed by atoms with Crippen molar-refractivity contribution in [2.24, 2.45) is 0 Å². The van der Waals surface area contributed by atoms with Gasteiger partial charge in [-0.15, -0.1) is 0 Å². The predicted molar refractivity (Wildman–Crippen MR) is 115 cm³/mol. The Bertz CT molecular complexity index is 1130. The highest BCUT2D eigenvalue weighted by molar-refractivity contribution is 6.35. The molecular weight excluding hydrogens is 424 g/mol. The molecule has 0 radical (unpaired) electrons. The lowest BCUT2D eigenvalue weighted by molar-refractivity contribution is -0.139. The zero-order chi connectivity index (χ0) is 22.7. The van der Waals surface area contributed by atoms with Crippen molar-refractivity contribution in [3.8, 4) is 17.2 Å². The summed E-state index contributed by atoms with van der Waals surface area (Å²) in [5.74, 6) is -2.13. The molecule has 3 rings (SSSR count).